The van der Waals surface area contributed by atoms with Gasteiger partial charge in [-0.1, -0.05) is 26.7 Å². The van der Waals surface area contributed by atoms with Crippen molar-refractivity contribution in [3.63, 3.8) is 0 Å². The van der Waals surface area contributed by atoms with E-state index >= 15 is 0 Å². The van der Waals surface area contributed by atoms with E-state index in [1.807, 2.05) is 13.8 Å². The fourth-order valence-corrected chi connectivity index (χ4v) is 2.87. The number of carbonyl (C=O) groups excluding carboxylic acids is 1. The van der Waals surface area contributed by atoms with Gasteiger partial charge in [-0.2, -0.15) is 0 Å². The maximum Gasteiger partial charge on any atom is 0.294 e. The van der Waals surface area contributed by atoms with E-state index in [-0.39, 0.29) is 12.2 Å². The predicted octanol–water partition coefficient (Wildman–Crippen LogP) is 1.50. The summed E-state index contributed by atoms with van der Waals surface area (Å²) in [5.41, 5.74) is -0.948. The number of ether oxygens (including phenoxy) is 1. The summed E-state index contributed by atoms with van der Waals surface area (Å²) in [6.07, 6.45) is 2.50. The van der Waals surface area contributed by atoms with Crippen LogP contribution in [0.1, 0.15) is 39.5 Å². The Labute approximate surface area is 85.6 Å². The van der Waals surface area contributed by atoms with Gasteiger partial charge in [-0.25, -0.2) is 8.42 Å². The fraction of sp³-hybridized carbons (Fsp3) is 0.889. The van der Waals surface area contributed by atoms with Gasteiger partial charge in [-0.15, -0.1) is 0 Å². The average Bonchev–Trinajstić information content (AvgIpc) is 2.14. The second-order valence-electron chi connectivity index (χ2n) is 3.17. The topological polar surface area (TPSA) is 60.4 Å². The monoisotopic (exact) mass is 222 g/mol. The minimum absolute atomic E-state index is 0.0992. The molecule has 0 bridgehead atoms. The minimum Gasteiger partial charge on any atom is -0.448 e. The predicted molar refractivity (Wildman–Crippen MR) is 54.5 cm³/mol. The van der Waals surface area contributed by atoms with Crippen molar-refractivity contribution in [3.8, 4) is 0 Å². The lowest BCUT2D eigenvalue weighted by atomic mass is 10.4. The number of carbonyl (C=O) groups is 1. The van der Waals surface area contributed by atoms with Gasteiger partial charge in [0.1, 0.15) is 0 Å². The molecule has 0 saturated carbocycles. The van der Waals surface area contributed by atoms with Crippen LogP contribution in [0.4, 0.5) is 0 Å². The Kier molecular flexibility index (Phi) is 6.53. The molecule has 0 spiro atoms. The van der Waals surface area contributed by atoms with Crippen LogP contribution in [0.3, 0.4) is 0 Å². The summed E-state index contributed by atoms with van der Waals surface area (Å²) < 4.78 is 27.7. The summed E-state index contributed by atoms with van der Waals surface area (Å²) in [6, 6.07) is 0. The maximum atomic E-state index is 11.6. The molecule has 0 aliphatic heterocycles. The number of unbranched alkanes of at least 4 members (excludes halogenated alkanes) is 1. The second kappa shape index (κ2) is 6.81. The molecule has 1 atom stereocenters. The van der Waals surface area contributed by atoms with Crippen molar-refractivity contribution >= 4 is 16.3 Å². The van der Waals surface area contributed by atoms with Gasteiger partial charge in [0.2, 0.25) is 5.44 Å². The highest BCUT2D eigenvalue weighted by molar-refractivity contribution is 7.91. The van der Waals surface area contributed by atoms with Crippen LogP contribution in [0.2, 0.25) is 0 Å². The molecule has 5 heteroatoms. The molecule has 0 aliphatic rings. The van der Waals surface area contributed by atoms with Crippen LogP contribution in [0.25, 0.3) is 0 Å². The molecule has 0 fully saturated rings. The fourth-order valence-electron chi connectivity index (χ4n) is 1.11. The molecular formula is C9H18O4S. The van der Waals surface area contributed by atoms with Crippen LogP contribution < -0.4 is 0 Å². The van der Waals surface area contributed by atoms with Crippen LogP contribution in [0.5, 0.6) is 0 Å². The van der Waals surface area contributed by atoms with E-state index in [0.717, 1.165) is 6.42 Å². The molecule has 0 aromatic carbocycles. The molecule has 0 aliphatic carbocycles. The van der Waals surface area contributed by atoms with Crippen molar-refractivity contribution < 1.29 is 17.9 Å². The number of sulfone groups is 1. The quantitative estimate of drug-likeness (QED) is 0.584. The van der Waals surface area contributed by atoms with Crippen LogP contribution in [0.15, 0.2) is 0 Å². The third-order valence-corrected chi connectivity index (χ3v) is 3.92. The molecule has 0 aromatic heterocycles. The molecule has 0 N–H and O–H groups in total. The van der Waals surface area contributed by atoms with Crippen molar-refractivity contribution in [2.24, 2.45) is 0 Å². The highest BCUT2D eigenvalue weighted by atomic mass is 32.2. The van der Waals surface area contributed by atoms with E-state index in [1.165, 1.54) is 0 Å². The Bertz CT molecular complexity index is 246. The van der Waals surface area contributed by atoms with Gasteiger partial charge in [-0.05, 0) is 12.8 Å². The van der Waals surface area contributed by atoms with E-state index in [1.54, 1.807) is 0 Å². The van der Waals surface area contributed by atoms with Gasteiger partial charge in [0.05, 0.1) is 5.75 Å². The number of hydrogen-bond acceptors (Lipinski definition) is 4. The highest BCUT2D eigenvalue weighted by Crippen LogP contribution is 2.12. The van der Waals surface area contributed by atoms with Gasteiger partial charge in [0.25, 0.3) is 6.47 Å². The average molecular weight is 222 g/mol. The molecule has 0 amide bonds. The van der Waals surface area contributed by atoms with Crippen LogP contribution >= 0.6 is 0 Å². The molecule has 0 rings (SSSR count). The SMILES string of the molecule is CCCCS(=O)(=O)C(CCC)OC=O. The van der Waals surface area contributed by atoms with Crippen molar-refractivity contribution in [1.82, 2.24) is 0 Å². The van der Waals surface area contributed by atoms with Gasteiger partial charge in [-0.3, -0.25) is 4.79 Å². The van der Waals surface area contributed by atoms with E-state index < -0.39 is 15.3 Å². The Morgan fingerprint density at radius 2 is 1.93 bits per heavy atom. The maximum absolute atomic E-state index is 11.6. The lowest BCUT2D eigenvalue weighted by Gasteiger charge is -2.14. The molecule has 1 unspecified atom stereocenters. The van der Waals surface area contributed by atoms with Gasteiger partial charge in [0.15, 0.2) is 9.84 Å². The van der Waals surface area contributed by atoms with Crippen LogP contribution in [-0.4, -0.2) is 26.1 Å². The van der Waals surface area contributed by atoms with Crippen molar-refractivity contribution in [3.05, 3.63) is 0 Å². The summed E-state index contributed by atoms with van der Waals surface area (Å²) in [5, 5.41) is 0. The third-order valence-electron chi connectivity index (χ3n) is 1.91. The van der Waals surface area contributed by atoms with Crippen LogP contribution in [0, 0.1) is 0 Å². The Morgan fingerprint density at radius 3 is 2.36 bits per heavy atom. The van der Waals surface area contributed by atoms with E-state index in [9.17, 15) is 13.2 Å². The lowest BCUT2D eigenvalue weighted by Crippen LogP contribution is -2.26. The minimum atomic E-state index is -3.26. The number of rotatable bonds is 8. The van der Waals surface area contributed by atoms with Crippen LogP contribution in [-0.2, 0) is 19.4 Å². The van der Waals surface area contributed by atoms with E-state index in [0.29, 0.717) is 19.3 Å². The van der Waals surface area contributed by atoms with Gasteiger partial charge >= 0.3 is 0 Å². The Hall–Kier alpha value is -0.580. The third kappa shape index (κ3) is 4.60. The van der Waals surface area contributed by atoms with Crippen molar-refractivity contribution in [2.75, 3.05) is 5.75 Å². The second-order valence-corrected chi connectivity index (χ2v) is 5.43. The van der Waals surface area contributed by atoms with E-state index in [4.69, 9.17) is 0 Å². The number of hydrogen-bond donors (Lipinski definition) is 0. The highest BCUT2D eigenvalue weighted by Gasteiger charge is 2.24. The Balaban J connectivity index is 4.37. The summed E-state index contributed by atoms with van der Waals surface area (Å²) in [4.78, 5) is 10.1. The summed E-state index contributed by atoms with van der Waals surface area (Å²) >= 11 is 0. The molecule has 0 heterocycles. The lowest BCUT2D eigenvalue weighted by molar-refractivity contribution is -0.130. The molecule has 0 aromatic rings. The van der Waals surface area contributed by atoms with Gasteiger partial charge < -0.3 is 4.74 Å². The standard InChI is InChI=1S/C9H18O4S/c1-3-5-7-14(11,12)9(6-4-2)13-8-10/h8-9H,3-7H2,1-2H3. The molecule has 0 saturated heterocycles. The molecular weight excluding hydrogens is 204 g/mol. The Morgan fingerprint density at radius 1 is 1.29 bits per heavy atom. The first kappa shape index (κ1) is 13.4. The van der Waals surface area contributed by atoms with Crippen molar-refractivity contribution in [1.29, 1.82) is 0 Å². The van der Waals surface area contributed by atoms with Gasteiger partial charge in [0, 0.05) is 0 Å². The zero-order valence-electron chi connectivity index (χ0n) is 8.73. The molecule has 84 valence electrons. The summed E-state index contributed by atoms with van der Waals surface area (Å²) in [7, 11) is -3.26. The normalized spacial score (nSPS) is 13.6. The zero-order chi connectivity index (χ0) is 11.0. The zero-order valence-corrected chi connectivity index (χ0v) is 9.55. The molecule has 0 radical (unpaired) electrons. The molecule has 4 nitrogen and oxygen atoms in total. The largest absolute Gasteiger partial charge is 0.448 e. The first-order valence-corrected chi connectivity index (χ1v) is 6.60. The first-order chi connectivity index (χ1) is 6.58. The first-order valence-electron chi connectivity index (χ1n) is 4.89. The summed E-state index contributed by atoms with van der Waals surface area (Å²) in [5.74, 6) is 0.0992. The van der Waals surface area contributed by atoms with E-state index in [2.05, 4.69) is 4.74 Å². The van der Waals surface area contributed by atoms with Crippen molar-refractivity contribution in [2.45, 2.75) is 45.0 Å². The summed E-state index contributed by atoms with van der Waals surface area (Å²) in [6.45, 7) is 3.99. The smallest absolute Gasteiger partial charge is 0.294 e. The molecule has 14 heavy (non-hydrogen) atoms.